The lowest BCUT2D eigenvalue weighted by atomic mass is 9.93. The fraction of sp³-hybridized carbons (Fsp3) is 0.400. The number of carbonyl (C=O) groups is 1. The van der Waals surface area contributed by atoms with Gasteiger partial charge in [0.05, 0.1) is 10.6 Å². The molecule has 0 saturated heterocycles. The zero-order valence-corrected chi connectivity index (χ0v) is 16.5. The fourth-order valence-corrected chi connectivity index (χ4v) is 3.21. The van der Waals surface area contributed by atoms with Gasteiger partial charge in [-0.2, -0.15) is 0 Å². The molecule has 2 rings (SSSR count). The van der Waals surface area contributed by atoms with E-state index in [2.05, 4.69) is 17.0 Å². The van der Waals surface area contributed by atoms with Crippen LogP contribution in [-0.4, -0.2) is 25.6 Å². The third-order valence-corrected chi connectivity index (χ3v) is 5.11. The highest BCUT2D eigenvalue weighted by Crippen LogP contribution is 2.37. The minimum atomic E-state index is -2.67. The number of carbonyl (C=O) groups excluding carboxylic acids is 1. The van der Waals surface area contributed by atoms with Gasteiger partial charge in [0.25, 0.3) is 12.3 Å². The highest BCUT2D eigenvalue weighted by molar-refractivity contribution is 6.36. The van der Waals surface area contributed by atoms with Crippen LogP contribution in [0.15, 0.2) is 46.6 Å². The van der Waals surface area contributed by atoms with Crippen molar-refractivity contribution in [2.24, 2.45) is 16.8 Å². The van der Waals surface area contributed by atoms with Crippen molar-refractivity contribution in [3.63, 3.8) is 0 Å². The smallest absolute Gasteiger partial charge is 0.280 e. The number of aliphatic imine (C=N–C) groups is 1. The molecule has 0 aromatic heterocycles. The summed E-state index contributed by atoms with van der Waals surface area (Å²) in [7, 11) is 0. The molecule has 1 fully saturated rings. The Labute approximate surface area is 168 Å². The Morgan fingerprint density at radius 1 is 1.37 bits per heavy atom. The third kappa shape index (κ3) is 6.74. The van der Waals surface area contributed by atoms with Crippen molar-refractivity contribution in [2.75, 3.05) is 6.54 Å². The Hall–Kier alpha value is -1.72. The largest absolute Gasteiger partial charge is 0.351 e. The van der Waals surface area contributed by atoms with Crippen LogP contribution in [0.2, 0.25) is 10.0 Å². The average molecular weight is 415 g/mol. The van der Waals surface area contributed by atoms with Gasteiger partial charge in [-0.25, -0.2) is 8.78 Å². The number of benzene rings is 1. The van der Waals surface area contributed by atoms with Crippen molar-refractivity contribution in [3.8, 4) is 0 Å². The van der Waals surface area contributed by atoms with E-state index in [1.165, 1.54) is 12.1 Å². The van der Waals surface area contributed by atoms with Gasteiger partial charge in [-0.1, -0.05) is 47.7 Å². The van der Waals surface area contributed by atoms with E-state index in [9.17, 15) is 13.6 Å². The van der Waals surface area contributed by atoms with Gasteiger partial charge in [0.15, 0.2) is 0 Å². The molecule has 1 unspecified atom stereocenters. The molecule has 1 aromatic rings. The minimum Gasteiger partial charge on any atom is -0.351 e. The molecule has 0 spiro atoms. The summed E-state index contributed by atoms with van der Waals surface area (Å²) in [5.74, 6) is 0.375. The maximum atomic E-state index is 12.8. The molecule has 3 nitrogen and oxygen atoms in total. The molecule has 0 radical (unpaired) electrons. The van der Waals surface area contributed by atoms with Crippen LogP contribution in [0.3, 0.4) is 0 Å². The van der Waals surface area contributed by atoms with Gasteiger partial charge in [0.1, 0.15) is 5.70 Å². The number of hydrogen-bond acceptors (Lipinski definition) is 2. The third-order valence-electron chi connectivity index (χ3n) is 4.57. The predicted octanol–water partition coefficient (Wildman–Crippen LogP) is 5.94. The second kappa shape index (κ2) is 10.00. The van der Waals surface area contributed by atoms with Gasteiger partial charge >= 0.3 is 0 Å². The van der Waals surface area contributed by atoms with Crippen molar-refractivity contribution < 1.29 is 13.6 Å². The van der Waals surface area contributed by atoms with E-state index >= 15 is 0 Å². The average Bonchev–Trinajstić information content (AvgIpc) is 3.42. The highest BCUT2D eigenvalue weighted by atomic mass is 35.5. The zero-order chi connectivity index (χ0) is 20.0. The molecule has 146 valence electrons. The van der Waals surface area contributed by atoms with Crippen molar-refractivity contribution >= 4 is 35.8 Å². The van der Waals surface area contributed by atoms with Crippen LogP contribution in [0, 0.1) is 11.8 Å². The molecular weight excluding hydrogens is 393 g/mol. The zero-order valence-electron chi connectivity index (χ0n) is 15.0. The van der Waals surface area contributed by atoms with Crippen molar-refractivity contribution in [1.82, 2.24) is 5.32 Å². The lowest BCUT2D eigenvalue weighted by Crippen LogP contribution is -2.30. The normalized spacial score (nSPS) is 16.4. The molecule has 1 aliphatic carbocycles. The second-order valence-corrected chi connectivity index (χ2v) is 7.51. The topological polar surface area (TPSA) is 41.5 Å². The molecule has 1 aliphatic rings. The molecule has 7 heteroatoms. The van der Waals surface area contributed by atoms with Gasteiger partial charge in [-0.05, 0) is 56.2 Å². The standard InChI is InChI=1S/C20H22Cl2F2N2O/c1-12(3-8-18(25-2)19(23)24)14(9-13-4-5-13)11-26-20(27)16-7-6-15(21)10-17(16)22/h3,6-8,10,13-14,19H,2,4-5,9,11H2,1H3,(H,26,27)/b12-3+,18-8-. The first-order valence-corrected chi connectivity index (χ1v) is 9.44. The van der Waals surface area contributed by atoms with Crippen LogP contribution in [-0.2, 0) is 0 Å². The van der Waals surface area contributed by atoms with E-state index in [1.54, 1.807) is 18.2 Å². The SMILES string of the molecule is C=N/C(=C\C=C(/C)C(CNC(=O)c1ccc(Cl)cc1Cl)CC1CC1)C(F)F. The Bertz CT molecular complexity index is 758. The fourth-order valence-electron chi connectivity index (χ4n) is 2.72. The van der Waals surface area contributed by atoms with Crippen LogP contribution in [0.25, 0.3) is 0 Å². The second-order valence-electron chi connectivity index (χ2n) is 6.67. The quantitative estimate of drug-likeness (QED) is 0.394. The van der Waals surface area contributed by atoms with E-state index in [0.717, 1.165) is 24.8 Å². The van der Waals surface area contributed by atoms with Crippen LogP contribution in [0.5, 0.6) is 0 Å². The Balaban J connectivity index is 2.07. The molecule has 0 aliphatic heterocycles. The molecule has 0 heterocycles. The van der Waals surface area contributed by atoms with E-state index in [1.807, 2.05) is 6.92 Å². The summed E-state index contributed by atoms with van der Waals surface area (Å²) in [5, 5.41) is 3.63. The molecule has 0 bridgehead atoms. The molecule has 1 saturated carbocycles. The molecule has 1 atom stereocenters. The summed E-state index contributed by atoms with van der Waals surface area (Å²) in [5.41, 5.74) is 0.895. The number of amides is 1. The van der Waals surface area contributed by atoms with Gasteiger partial charge < -0.3 is 5.32 Å². The number of halogens is 4. The minimum absolute atomic E-state index is 0.0486. The van der Waals surface area contributed by atoms with Gasteiger partial charge in [0.2, 0.25) is 0 Å². The maximum Gasteiger partial charge on any atom is 0.280 e. The summed E-state index contributed by atoms with van der Waals surface area (Å²) < 4.78 is 25.5. The monoisotopic (exact) mass is 414 g/mol. The van der Waals surface area contributed by atoms with E-state index < -0.39 is 6.43 Å². The summed E-state index contributed by atoms with van der Waals surface area (Å²) in [6.07, 6.45) is 3.46. The first-order chi connectivity index (χ1) is 12.8. The number of nitrogens with zero attached hydrogens (tertiary/aromatic N) is 1. The van der Waals surface area contributed by atoms with Crippen LogP contribution < -0.4 is 5.32 Å². The van der Waals surface area contributed by atoms with Crippen LogP contribution >= 0.6 is 23.2 Å². The maximum absolute atomic E-state index is 12.8. The van der Waals surface area contributed by atoms with Crippen molar-refractivity contribution in [3.05, 3.63) is 57.2 Å². The van der Waals surface area contributed by atoms with Crippen molar-refractivity contribution in [2.45, 2.75) is 32.6 Å². The highest BCUT2D eigenvalue weighted by Gasteiger charge is 2.26. The first-order valence-electron chi connectivity index (χ1n) is 8.68. The Morgan fingerprint density at radius 3 is 2.63 bits per heavy atom. The van der Waals surface area contributed by atoms with Gasteiger partial charge in [-0.15, -0.1) is 0 Å². The molecular formula is C20H22Cl2F2N2O. The number of rotatable bonds is 9. The lowest BCUT2D eigenvalue weighted by Gasteiger charge is -2.19. The Morgan fingerprint density at radius 2 is 2.07 bits per heavy atom. The summed E-state index contributed by atoms with van der Waals surface area (Å²) >= 11 is 11.9. The molecule has 1 aromatic carbocycles. The van der Waals surface area contributed by atoms with E-state index in [0.29, 0.717) is 23.0 Å². The van der Waals surface area contributed by atoms with E-state index in [4.69, 9.17) is 23.2 Å². The molecule has 1 amide bonds. The van der Waals surface area contributed by atoms with Crippen LogP contribution in [0.1, 0.15) is 36.5 Å². The van der Waals surface area contributed by atoms with Gasteiger partial charge in [0, 0.05) is 11.6 Å². The number of nitrogens with one attached hydrogen (secondary N) is 1. The molecule has 1 N–H and O–H groups in total. The number of hydrogen-bond donors (Lipinski definition) is 1. The Kier molecular flexibility index (Phi) is 7.99. The van der Waals surface area contributed by atoms with E-state index in [-0.39, 0.29) is 22.5 Å². The predicted molar refractivity (Wildman–Crippen MR) is 107 cm³/mol. The van der Waals surface area contributed by atoms with Crippen molar-refractivity contribution in [1.29, 1.82) is 0 Å². The molecule has 27 heavy (non-hydrogen) atoms. The number of alkyl halides is 2. The lowest BCUT2D eigenvalue weighted by molar-refractivity contribution is 0.0948. The number of allylic oxidation sites excluding steroid dienone is 3. The first kappa shape index (κ1) is 21.6. The van der Waals surface area contributed by atoms with Gasteiger partial charge in [-0.3, -0.25) is 9.79 Å². The summed E-state index contributed by atoms with van der Waals surface area (Å²) in [4.78, 5) is 15.8. The van der Waals surface area contributed by atoms with Crippen LogP contribution in [0.4, 0.5) is 8.78 Å². The summed E-state index contributed by atoms with van der Waals surface area (Å²) in [6, 6.07) is 4.70. The summed E-state index contributed by atoms with van der Waals surface area (Å²) in [6.45, 7) is 5.44.